The van der Waals surface area contributed by atoms with Crippen molar-refractivity contribution in [2.24, 2.45) is 0 Å². The van der Waals surface area contributed by atoms with Crippen molar-refractivity contribution >= 4 is 5.97 Å². The third-order valence-corrected chi connectivity index (χ3v) is 4.28. The van der Waals surface area contributed by atoms with E-state index in [1.165, 1.54) is 0 Å². The molecule has 0 radical (unpaired) electrons. The molecular formula is C20H23NO4. The van der Waals surface area contributed by atoms with Crippen LogP contribution in [0.4, 0.5) is 0 Å². The lowest BCUT2D eigenvalue weighted by Gasteiger charge is -2.31. The Kier molecular flexibility index (Phi) is 5.90. The van der Waals surface area contributed by atoms with Gasteiger partial charge in [-0.1, -0.05) is 18.2 Å². The van der Waals surface area contributed by atoms with Gasteiger partial charge < -0.3 is 19.5 Å². The SMILES string of the molecule is O=C(O)CCN1CCC(Oc2ccc(Oc3ccccc3)cc2)CC1. The summed E-state index contributed by atoms with van der Waals surface area (Å²) in [5.74, 6) is 1.69. The number of rotatable bonds is 7. The van der Waals surface area contributed by atoms with Crippen molar-refractivity contribution in [2.75, 3.05) is 19.6 Å². The Labute approximate surface area is 147 Å². The zero-order chi connectivity index (χ0) is 17.5. The maximum Gasteiger partial charge on any atom is 0.304 e. The molecule has 1 heterocycles. The number of hydrogen-bond acceptors (Lipinski definition) is 4. The number of ether oxygens (including phenoxy) is 2. The van der Waals surface area contributed by atoms with Crippen LogP contribution in [0.1, 0.15) is 19.3 Å². The Morgan fingerprint density at radius 1 is 0.960 bits per heavy atom. The topological polar surface area (TPSA) is 59.0 Å². The van der Waals surface area contributed by atoms with Gasteiger partial charge in [-0.2, -0.15) is 0 Å². The van der Waals surface area contributed by atoms with Gasteiger partial charge in [0.05, 0.1) is 6.42 Å². The molecule has 3 rings (SSSR count). The zero-order valence-electron chi connectivity index (χ0n) is 14.1. The maximum absolute atomic E-state index is 10.6. The number of aliphatic carboxylic acids is 1. The fraction of sp³-hybridized carbons (Fsp3) is 0.350. The average Bonchev–Trinajstić information content (AvgIpc) is 2.64. The second-order valence-corrected chi connectivity index (χ2v) is 6.19. The highest BCUT2D eigenvalue weighted by Gasteiger charge is 2.20. The summed E-state index contributed by atoms with van der Waals surface area (Å²) in [4.78, 5) is 12.8. The van der Waals surface area contributed by atoms with Crippen LogP contribution in [0.3, 0.4) is 0 Å². The molecule has 0 aliphatic carbocycles. The Hall–Kier alpha value is -2.53. The summed E-state index contributed by atoms with van der Waals surface area (Å²) in [6, 6.07) is 17.3. The van der Waals surface area contributed by atoms with Crippen LogP contribution in [0.15, 0.2) is 54.6 Å². The molecule has 0 unspecified atom stereocenters. The fourth-order valence-corrected chi connectivity index (χ4v) is 2.91. The van der Waals surface area contributed by atoms with E-state index in [1.807, 2.05) is 54.6 Å². The number of carbonyl (C=O) groups is 1. The summed E-state index contributed by atoms with van der Waals surface area (Å²) in [5, 5.41) is 8.74. The number of likely N-dealkylation sites (tertiary alicyclic amines) is 1. The highest BCUT2D eigenvalue weighted by Crippen LogP contribution is 2.25. The van der Waals surface area contributed by atoms with Crippen LogP contribution in [0.2, 0.25) is 0 Å². The summed E-state index contributed by atoms with van der Waals surface area (Å²) < 4.78 is 11.8. The molecule has 132 valence electrons. The van der Waals surface area contributed by atoms with E-state index in [2.05, 4.69) is 4.90 Å². The standard InChI is InChI=1S/C20H23NO4/c22-20(23)12-15-21-13-10-19(11-14-21)25-18-8-6-17(7-9-18)24-16-4-2-1-3-5-16/h1-9,19H,10-15H2,(H,22,23). The van der Waals surface area contributed by atoms with Crippen LogP contribution in [-0.4, -0.2) is 41.7 Å². The summed E-state index contributed by atoms with van der Waals surface area (Å²) in [7, 11) is 0. The molecule has 25 heavy (non-hydrogen) atoms. The van der Waals surface area contributed by atoms with Gasteiger partial charge in [-0.25, -0.2) is 0 Å². The molecular weight excluding hydrogens is 318 g/mol. The minimum Gasteiger partial charge on any atom is -0.490 e. The maximum atomic E-state index is 10.6. The van der Waals surface area contributed by atoms with Gasteiger partial charge in [-0.05, 0) is 49.2 Å². The molecule has 2 aromatic rings. The van der Waals surface area contributed by atoms with E-state index < -0.39 is 5.97 Å². The van der Waals surface area contributed by atoms with Gasteiger partial charge in [0.25, 0.3) is 0 Å². The molecule has 0 amide bonds. The number of piperidine rings is 1. The van der Waals surface area contributed by atoms with Crippen LogP contribution < -0.4 is 9.47 Å². The zero-order valence-corrected chi connectivity index (χ0v) is 14.1. The van der Waals surface area contributed by atoms with Crippen LogP contribution in [0.25, 0.3) is 0 Å². The Morgan fingerprint density at radius 2 is 1.56 bits per heavy atom. The lowest BCUT2D eigenvalue weighted by atomic mass is 10.1. The molecule has 0 saturated carbocycles. The van der Waals surface area contributed by atoms with E-state index in [-0.39, 0.29) is 12.5 Å². The molecule has 0 bridgehead atoms. The smallest absolute Gasteiger partial charge is 0.304 e. The molecule has 5 nitrogen and oxygen atoms in total. The van der Waals surface area contributed by atoms with Crippen molar-refractivity contribution in [3.63, 3.8) is 0 Å². The van der Waals surface area contributed by atoms with Crippen LogP contribution >= 0.6 is 0 Å². The quantitative estimate of drug-likeness (QED) is 0.830. The number of hydrogen-bond donors (Lipinski definition) is 1. The number of carboxylic acid groups (broad SMARTS) is 1. The summed E-state index contributed by atoms with van der Waals surface area (Å²) in [6.45, 7) is 2.38. The Bertz CT molecular complexity index is 664. The van der Waals surface area contributed by atoms with E-state index in [0.29, 0.717) is 6.54 Å². The van der Waals surface area contributed by atoms with E-state index in [0.717, 1.165) is 43.2 Å². The Morgan fingerprint density at radius 3 is 2.20 bits per heavy atom. The van der Waals surface area contributed by atoms with Crippen molar-refractivity contribution in [2.45, 2.75) is 25.4 Å². The van der Waals surface area contributed by atoms with E-state index in [1.54, 1.807) is 0 Å². The average molecular weight is 341 g/mol. The monoisotopic (exact) mass is 341 g/mol. The van der Waals surface area contributed by atoms with Crippen LogP contribution in [0, 0.1) is 0 Å². The van der Waals surface area contributed by atoms with Crippen molar-refractivity contribution in [1.29, 1.82) is 0 Å². The summed E-state index contributed by atoms with van der Waals surface area (Å²) in [6.07, 6.45) is 2.22. The molecule has 1 saturated heterocycles. The van der Waals surface area contributed by atoms with Crippen LogP contribution in [-0.2, 0) is 4.79 Å². The lowest BCUT2D eigenvalue weighted by molar-refractivity contribution is -0.137. The molecule has 2 aromatic carbocycles. The number of nitrogens with zero attached hydrogens (tertiary/aromatic N) is 1. The molecule has 1 aliphatic rings. The van der Waals surface area contributed by atoms with Crippen LogP contribution in [0.5, 0.6) is 17.2 Å². The van der Waals surface area contributed by atoms with E-state index in [9.17, 15) is 4.79 Å². The van der Waals surface area contributed by atoms with Gasteiger partial charge in [0.2, 0.25) is 0 Å². The molecule has 0 atom stereocenters. The second-order valence-electron chi connectivity index (χ2n) is 6.19. The largest absolute Gasteiger partial charge is 0.490 e. The predicted octanol–water partition coefficient (Wildman–Crippen LogP) is 3.80. The van der Waals surface area contributed by atoms with Gasteiger partial charge in [-0.15, -0.1) is 0 Å². The first-order valence-corrected chi connectivity index (χ1v) is 8.63. The minimum absolute atomic E-state index is 0.182. The van der Waals surface area contributed by atoms with E-state index >= 15 is 0 Å². The highest BCUT2D eigenvalue weighted by atomic mass is 16.5. The molecule has 0 spiro atoms. The predicted molar refractivity (Wildman–Crippen MR) is 95.3 cm³/mol. The number of benzene rings is 2. The van der Waals surface area contributed by atoms with Gasteiger partial charge in [0, 0.05) is 19.6 Å². The Balaban J connectivity index is 1.45. The molecule has 0 aromatic heterocycles. The van der Waals surface area contributed by atoms with E-state index in [4.69, 9.17) is 14.6 Å². The van der Waals surface area contributed by atoms with Crippen molar-refractivity contribution in [3.8, 4) is 17.2 Å². The van der Waals surface area contributed by atoms with Gasteiger partial charge in [0.15, 0.2) is 0 Å². The first-order valence-electron chi connectivity index (χ1n) is 8.63. The molecule has 1 aliphatic heterocycles. The second kappa shape index (κ2) is 8.53. The number of para-hydroxylation sites is 1. The van der Waals surface area contributed by atoms with Crippen molar-refractivity contribution < 1.29 is 19.4 Å². The highest BCUT2D eigenvalue weighted by molar-refractivity contribution is 5.66. The van der Waals surface area contributed by atoms with Gasteiger partial charge in [0.1, 0.15) is 23.4 Å². The first kappa shape index (κ1) is 17.3. The molecule has 1 N–H and O–H groups in total. The van der Waals surface area contributed by atoms with Crippen molar-refractivity contribution in [1.82, 2.24) is 4.90 Å². The third-order valence-electron chi connectivity index (χ3n) is 4.28. The van der Waals surface area contributed by atoms with Crippen molar-refractivity contribution in [3.05, 3.63) is 54.6 Å². The minimum atomic E-state index is -0.740. The third kappa shape index (κ3) is 5.50. The molecule has 5 heteroatoms. The normalized spacial score (nSPS) is 15.7. The summed E-state index contributed by atoms with van der Waals surface area (Å²) in [5.41, 5.74) is 0. The van der Waals surface area contributed by atoms with Gasteiger partial charge >= 0.3 is 5.97 Å². The fourth-order valence-electron chi connectivity index (χ4n) is 2.91. The molecule has 1 fully saturated rings. The van der Waals surface area contributed by atoms with Gasteiger partial charge in [-0.3, -0.25) is 4.79 Å². The first-order chi connectivity index (χ1) is 12.2. The number of carboxylic acids is 1. The lowest BCUT2D eigenvalue weighted by Crippen LogP contribution is -2.39. The summed E-state index contributed by atoms with van der Waals surface area (Å²) >= 11 is 0.